The van der Waals surface area contributed by atoms with E-state index in [1.807, 2.05) is 0 Å². The van der Waals surface area contributed by atoms with Crippen LogP contribution in [0, 0.1) is 24.2 Å². The Morgan fingerprint density at radius 3 is 2.80 bits per heavy atom. The van der Waals surface area contributed by atoms with Gasteiger partial charge in [-0.3, -0.25) is 5.32 Å². The summed E-state index contributed by atoms with van der Waals surface area (Å²) < 4.78 is 13.2. The van der Waals surface area contributed by atoms with Crippen LogP contribution in [0.25, 0.3) is 0 Å². The Morgan fingerprint density at radius 2 is 2.27 bits per heavy atom. The Morgan fingerprint density at radius 1 is 1.60 bits per heavy atom. The molecule has 0 aliphatic heterocycles. The SMILES string of the molecule is Cc1cccc(F)c1NC(=S)NC#N.[H-].[Na+]. The van der Waals surface area contributed by atoms with E-state index >= 15 is 0 Å². The molecule has 0 spiro atoms. The minimum absolute atomic E-state index is 0. The molecule has 2 N–H and O–H groups in total. The predicted molar refractivity (Wildman–Crippen MR) is 57.2 cm³/mol. The molecule has 1 aromatic carbocycles. The number of nitriles is 1. The molecular formula is C9H9FN3NaS. The van der Waals surface area contributed by atoms with Gasteiger partial charge in [-0.25, -0.2) is 4.39 Å². The van der Waals surface area contributed by atoms with Gasteiger partial charge in [-0.05, 0) is 30.8 Å². The monoisotopic (exact) mass is 233 g/mol. The number of rotatable bonds is 1. The largest absolute Gasteiger partial charge is 1.00 e. The molecule has 0 bridgehead atoms. The third-order valence-electron chi connectivity index (χ3n) is 1.63. The van der Waals surface area contributed by atoms with Crippen LogP contribution in [0.5, 0.6) is 0 Å². The number of para-hydroxylation sites is 1. The molecule has 3 nitrogen and oxygen atoms in total. The first-order valence-electron chi connectivity index (χ1n) is 3.86. The van der Waals surface area contributed by atoms with Crippen molar-refractivity contribution < 1.29 is 35.4 Å². The number of nitrogens with zero attached hydrogens (tertiary/aromatic N) is 1. The van der Waals surface area contributed by atoms with Gasteiger partial charge in [0.15, 0.2) is 11.3 Å². The van der Waals surface area contributed by atoms with Crippen LogP contribution in [0.2, 0.25) is 0 Å². The van der Waals surface area contributed by atoms with Crippen molar-refractivity contribution in [2.75, 3.05) is 5.32 Å². The summed E-state index contributed by atoms with van der Waals surface area (Å²) in [4.78, 5) is 0. The van der Waals surface area contributed by atoms with Crippen LogP contribution in [-0.4, -0.2) is 5.11 Å². The summed E-state index contributed by atoms with van der Waals surface area (Å²) in [6.45, 7) is 1.75. The second kappa shape index (κ2) is 6.75. The second-order valence-corrected chi connectivity index (χ2v) is 3.03. The molecule has 6 heteroatoms. The Kier molecular flexibility index (Phi) is 6.45. The molecule has 74 valence electrons. The first-order chi connectivity index (χ1) is 6.65. The van der Waals surface area contributed by atoms with E-state index in [-0.39, 0.29) is 36.1 Å². The third-order valence-corrected chi connectivity index (χ3v) is 1.83. The van der Waals surface area contributed by atoms with Gasteiger partial charge in [-0.2, -0.15) is 5.26 Å². The van der Waals surface area contributed by atoms with E-state index in [2.05, 4.69) is 10.6 Å². The van der Waals surface area contributed by atoms with Gasteiger partial charge >= 0.3 is 29.6 Å². The number of benzene rings is 1. The molecule has 0 aliphatic carbocycles. The maximum absolute atomic E-state index is 13.2. The maximum Gasteiger partial charge on any atom is 1.00 e. The van der Waals surface area contributed by atoms with Crippen molar-refractivity contribution in [3.05, 3.63) is 29.6 Å². The Balaban J connectivity index is 0. The van der Waals surface area contributed by atoms with E-state index in [4.69, 9.17) is 17.5 Å². The maximum atomic E-state index is 13.2. The van der Waals surface area contributed by atoms with Crippen molar-refractivity contribution >= 4 is 23.0 Å². The molecule has 0 unspecified atom stereocenters. The van der Waals surface area contributed by atoms with Gasteiger partial charge in [-0.15, -0.1) is 0 Å². The van der Waals surface area contributed by atoms with Crippen LogP contribution in [-0.2, 0) is 0 Å². The molecule has 0 aromatic heterocycles. The third kappa shape index (κ3) is 4.14. The number of anilines is 1. The summed E-state index contributed by atoms with van der Waals surface area (Å²) in [6.07, 6.45) is 1.65. The van der Waals surface area contributed by atoms with Crippen molar-refractivity contribution in [2.24, 2.45) is 0 Å². The van der Waals surface area contributed by atoms with Gasteiger partial charge in [0.2, 0.25) is 0 Å². The molecule has 1 aromatic rings. The summed E-state index contributed by atoms with van der Waals surface area (Å²) in [5.41, 5.74) is 1.02. The molecular weight excluding hydrogens is 224 g/mol. The smallest absolute Gasteiger partial charge is 1.00 e. The number of nitrogens with one attached hydrogen (secondary N) is 2. The standard InChI is InChI=1S/C9H8FN3S.Na.H/c1-6-3-2-4-7(10)8(6)13-9(14)12-5-11;;/h2-4H,1H3,(H2,12,13,14);;/q;+1;-1. The van der Waals surface area contributed by atoms with E-state index in [1.165, 1.54) is 6.07 Å². The molecule has 0 atom stereocenters. The zero-order chi connectivity index (χ0) is 10.6. The van der Waals surface area contributed by atoms with E-state index < -0.39 is 5.82 Å². The second-order valence-electron chi connectivity index (χ2n) is 2.62. The van der Waals surface area contributed by atoms with Crippen molar-refractivity contribution in [2.45, 2.75) is 6.92 Å². The number of hydrogen-bond donors (Lipinski definition) is 2. The number of thiocarbonyl (C=S) groups is 1. The van der Waals surface area contributed by atoms with E-state index in [1.54, 1.807) is 25.2 Å². The van der Waals surface area contributed by atoms with Crippen molar-refractivity contribution in [3.63, 3.8) is 0 Å². The first kappa shape index (κ1) is 14.3. The van der Waals surface area contributed by atoms with Gasteiger partial charge in [-0.1, -0.05) is 12.1 Å². The van der Waals surface area contributed by atoms with Crippen LogP contribution in [0.15, 0.2) is 18.2 Å². The molecule has 0 aliphatic rings. The molecule has 0 amide bonds. The summed E-state index contributed by atoms with van der Waals surface area (Å²) in [5.74, 6) is -0.396. The Bertz CT molecular complexity index is 388. The Labute approximate surface area is 116 Å². The number of halogens is 1. The minimum Gasteiger partial charge on any atom is -1.00 e. The fourth-order valence-electron chi connectivity index (χ4n) is 0.986. The molecule has 0 saturated carbocycles. The summed E-state index contributed by atoms with van der Waals surface area (Å²) in [5, 5.41) is 13.2. The number of aryl methyl sites for hydroxylation is 1. The fraction of sp³-hybridized carbons (Fsp3) is 0.111. The quantitative estimate of drug-likeness (QED) is 0.283. The summed E-state index contributed by atoms with van der Waals surface area (Å²) in [6, 6.07) is 4.68. The normalized spacial score (nSPS) is 8.33. The van der Waals surface area contributed by atoms with Crippen LogP contribution in [0.1, 0.15) is 6.99 Å². The zero-order valence-electron chi connectivity index (χ0n) is 9.47. The minimum atomic E-state index is -0.396. The number of hydrogen-bond acceptors (Lipinski definition) is 2. The summed E-state index contributed by atoms with van der Waals surface area (Å²) >= 11 is 4.74. The van der Waals surface area contributed by atoms with Crippen LogP contribution in [0.4, 0.5) is 10.1 Å². The van der Waals surface area contributed by atoms with Crippen molar-refractivity contribution in [3.8, 4) is 6.19 Å². The molecule has 0 saturated heterocycles. The van der Waals surface area contributed by atoms with Gasteiger partial charge in [0.05, 0.1) is 5.69 Å². The first-order valence-corrected chi connectivity index (χ1v) is 4.27. The van der Waals surface area contributed by atoms with Crippen molar-refractivity contribution in [1.29, 1.82) is 5.26 Å². The van der Waals surface area contributed by atoms with Gasteiger partial charge in [0.1, 0.15) is 5.82 Å². The molecule has 15 heavy (non-hydrogen) atoms. The van der Waals surface area contributed by atoms with E-state index in [0.717, 1.165) is 5.56 Å². The van der Waals surface area contributed by atoms with Gasteiger partial charge < -0.3 is 6.74 Å². The average Bonchev–Trinajstić information content (AvgIpc) is 2.12. The van der Waals surface area contributed by atoms with E-state index in [0.29, 0.717) is 5.69 Å². The van der Waals surface area contributed by atoms with E-state index in [9.17, 15) is 4.39 Å². The summed E-state index contributed by atoms with van der Waals surface area (Å²) in [7, 11) is 0. The fourth-order valence-corrected chi connectivity index (χ4v) is 1.13. The van der Waals surface area contributed by atoms with Crippen molar-refractivity contribution in [1.82, 2.24) is 5.32 Å². The van der Waals surface area contributed by atoms with Crippen LogP contribution >= 0.6 is 12.2 Å². The zero-order valence-corrected chi connectivity index (χ0v) is 11.3. The van der Waals surface area contributed by atoms with Gasteiger partial charge in [0.25, 0.3) is 0 Å². The topological polar surface area (TPSA) is 47.8 Å². The molecule has 0 fully saturated rings. The Hall–Kier alpha value is -0.670. The predicted octanol–water partition coefficient (Wildman–Crippen LogP) is -0.982. The van der Waals surface area contributed by atoms with Gasteiger partial charge in [0, 0.05) is 0 Å². The average molecular weight is 233 g/mol. The molecule has 0 radical (unpaired) electrons. The van der Waals surface area contributed by atoms with Crippen LogP contribution < -0.4 is 40.2 Å². The van der Waals surface area contributed by atoms with Crippen LogP contribution in [0.3, 0.4) is 0 Å². The molecule has 0 heterocycles. The molecule has 1 rings (SSSR count).